The maximum Gasteiger partial charge on any atom is 0.253 e. The summed E-state index contributed by atoms with van der Waals surface area (Å²) in [6, 6.07) is 3.60. The normalized spacial score (nSPS) is 16.0. The van der Waals surface area contributed by atoms with Crippen LogP contribution in [0.4, 0.5) is 0 Å². The van der Waals surface area contributed by atoms with E-state index in [0.29, 0.717) is 6.54 Å². The molecular formula is C14H14N2O2. The minimum Gasteiger partial charge on any atom is -0.275 e. The lowest BCUT2D eigenvalue weighted by molar-refractivity contribution is -0.138. The largest absolute Gasteiger partial charge is 0.275 e. The van der Waals surface area contributed by atoms with Crippen molar-refractivity contribution in [2.45, 2.75) is 12.8 Å². The Morgan fingerprint density at radius 1 is 1.33 bits per heavy atom. The molecule has 4 nitrogen and oxygen atoms in total. The number of rotatable bonds is 2. The van der Waals surface area contributed by atoms with Gasteiger partial charge in [0.05, 0.1) is 0 Å². The van der Waals surface area contributed by atoms with Gasteiger partial charge < -0.3 is 0 Å². The van der Waals surface area contributed by atoms with E-state index in [2.05, 4.69) is 4.98 Å². The van der Waals surface area contributed by atoms with Gasteiger partial charge in [0.25, 0.3) is 11.8 Å². The number of hydrogen-bond acceptors (Lipinski definition) is 3. The van der Waals surface area contributed by atoms with Crippen LogP contribution in [0.15, 0.2) is 42.8 Å². The Hall–Kier alpha value is -2.23. The van der Waals surface area contributed by atoms with Gasteiger partial charge in [0.15, 0.2) is 0 Å². The molecule has 0 fully saturated rings. The van der Waals surface area contributed by atoms with E-state index >= 15 is 0 Å². The molecule has 1 aliphatic rings. The molecule has 1 aromatic rings. The molecular weight excluding hydrogens is 228 g/mol. The molecule has 0 saturated carbocycles. The Kier molecular flexibility index (Phi) is 4.02. The smallest absolute Gasteiger partial charge is 0.253 e. The van der Waals surface area contributed by atoms with E-state index in [-0.39, 0.29) is 11.8 Å². The molecule has 0 atom stereocenters. The number of amides is 2. The predicted molar refractivity (Wildman–Crippen MR) is 68.4 cm³/mol. The molecule has 0 saturated heterocycles. The SMILES string of the molecule is O=C1C=CCCCN1C(=O)C=Cc1ccncc1. The summed E-state index contributed by atoms with van der Waals surface area (Å²) in [5.74, 6) is -0.514. The lowest BCUT2D eigenvalue weighted by Crippen LogP contribution is -2.34. The van der Waals surface area contributed by atoms with E-state index in [4.69, 9.17) is 0 Å². The van der Waals surface area contributed by atoms with E-state index in [1.165, 1.54) is 17.1 Å². The molecule has 0 spiro atoms. The average molecular weight is 242 g/mol. The fourth-order valence-corrected chi connectivity index (χ4v) is 1.70. The summed E-state index contributed by atoms with van der Waals surface area (Å²) in [6.07, 6.45) is 11.3. The van der Waals surface area contributed by atoms with Crippen molar-refractivity contribution in [3.05, 3.63) is 48.3 Å². The van der Waals surface area contributed by atoms with Crippen molar-refractivity contribution in [3.63, 3.8) is 0 Å². The van der Waals surface area contributed by atoms with Crippen molar-refractivity contribution < 1.29 is 9.59 Å². The summed E-state index contributed by atoms with van der Waals surface area (Å²) in [5, 5.41) is 0. The first-order valence-electron chi connectivity index (χ1n) is 5.87. The van der Waals surface area contributed by atoms with Crippen molar-refractivity contribution in [2.24, 2.45) is 0 Å². The zero-order valence-electron chi connectivity index (χ0n) is 9.95. The molecule has 4 heteroatoms. The van der Waals surface area contributed by atoms with E-state index < -0.39 is 0 Å². The lowest BCUT2D eigenvalue weighted by Gasteiger charge is -2.15. The quantitative estimate of drug-likeness (QED) is 0.743. The van der Waals surface area contributed by atoms with Crippen LogP contribution in [0.1, 0.15) is 18.4 Å². The summed E-state index contributed by atoms with van der Waals surface area (Å²) in [4.78, 5) is 28.7. The first-order valence-corrected chi connectivity index (χ1v) is 5.87. The van der Waals surface area contributed by atoms with Crippen LogP contribution in [0.5, 0.6) is 0 Å². The average Bonchev–Trinajstić information content (AvgIpc) is 2.62. The highest BCUT2D eigenvalue weighted by Crippen LogP contribution is 2.07. The van der Waals surface area contributed by atoms with Crippen LogP contribution >= 0.6 is 0 Å². The molecule has 18 heavy (non-hydrogen) atoms. The number of aromatic nitrogens is 1. The van der Waals surface area contributed by atoms with Crippen LogP contribution in [0.25, 0.3) is 6.08 Å². The van der Waals surface area contributed by atoms with E-state index in [0.717, 1.165) is 18.4 Å². The topological polar surface area (TPSA) is 50.3 Å². The molecule has 92 valence electrons. The number of carbonyl (C=O) groups is 2. The number of pyridine rings is 1. The Balaban J connectivity index is 2.05. The van der Waals surface area contributed by atoms with E-state index in [1.54, 1.807) is 30.6 Å². The first kappa shape index (κ1) is 12.2. The van der Waals surface area contributed by atoms with Crippen molar-refractivity contribution >= 4 is 17.9 Å². The number of carbonyl (C=O) groups excluding carboxylic acids is 2. The van der Waals surface area contributed by atoms with Crippen LogP contribution in [0, 0.1) is 0 Å². The van der Waals surface area contributed by atoms with Crippen LogP contribution in [0.3, 0.4) is 0 Å². The predicted octanol–water partition coefficient (Wildman–Crippen LogP) is 1.80. The van der Waals surface area contributed by atoms with Crippen LogP contribution in [-0.2, 0) is 9.59 Å². The molecule has 0 unspecified atom stereocenters. The third-order valence-electron chi connectivity index (χ3n) is 2.67. The van der Waals surface area contributed by atoms with E-state index in [1.807, 2.05) is 6.08 Å². The van der Waals surface area contributed by atoms with Gasteiger partial charge in [-0.1, -0.05) is 6.08 Å². The Morgan fingerprint density at radius 2 is 2.11 bits per heavy atom. The van der Waals surface area contributed by atoms with Gasteiger partial charge in [-0.15, -0.1) is 0 Å². The molecule has 0 N–H and O–H groups in total. The van der Waals surface area contributed by atoms with Gasteiger partial charge >= 0.3 is 0 Å². The molecule has 0 bridgehead atoms. The Labute approximate surface area is 106 Å². The monoisotopic (exact) mass is 242 g/mol. The second-order valence-electron chi connectivity index (χ2n) is 3.99. The molecule has 2 rings (SSSR count). The highest BCUT2D eigenvalue weighted by Gasteiger charge is 2.17. The van der Waals surface area contributed by atoms with Crippen LogP contribution in [-0.4, -0.2) is 28.2 Å². The standard InChI is InChI=1S/C14H14N2O2/c17-13-4-2-1-3-11-16(13)14(18)6-5-12-7-9-15-10-8-12/h2,4-10H,1,3,11H2. The fraction of sp³-hybridized carbons (Fsp3) is 0.214. The minimum absolute atomic E-state index is 0.239. The zero-order valence-corrected chi connectivity index (χ0v) is 9.95. The highest BCUT2D eigenvalue weighted by atomic mass is 16.2. The maximum atomic E-state index is 11.9. The summed E-state index contributed by atoms with van der Waals surface area (Å²) in [5.41, 5.74) is 0.885. The number of imide groups is 1. The van der Waals surface area contributed by atoms with Crippen molar-refractivity contribution in [1.82, 2.24) is 9.88 Å². The Bertz CT molecular complexity index is 492. The molecule has 1 aliphatic heterocycles. The van der Waals surface area contributed by atoms with Crippen LogP contribution < -0.4 is 0 Å². The minimum atomic E-state index is -0.275. The first-order chi connectivity index (χ1) is 8.77. The van der Waals surface area contributed by atoms with E-state index in [9.17, 15) is 9.59 Å². The molecule has 2 amide bonds. The van der Waals surface area contributed by atoms with Crippen molar-refractivity contribution in [3.8, 4) is 0 Å². The number of allylic oxidation sites excluding steroid dienone is 1. The summed E-state index contributed by atoms with van der Waals surface area (Å²) >= 11 is 0. The zero-order chi connectivity index (χ0) is 12.8. The summed E-state index contributed by atoms with van der Waals surface area (Å²) < 4.78 is 0. The van der Waals surface area contributed by atoms with Crippen LogP contribution in [0.2, 0.25) is 0 Å². The number of nitrogens with zero attached hydrogens (tertiary/aromatic N) is 2. The second-order valence-corrected chi connectivity index (χ2v) is 3.99. The Morgan fingerprint density at radius 3 is 2.89 bits per heavy atom. The summed E-state index contributed by atoms with van der Waals surface area (Å²) in [6.45, 7) is 0.478. The fourth-order valence-electron chi connectivity index (χ4n) is 1.70. The van der Waals surface area contributed by atoms with Crippen molar-refractivity contribution in [1.29, 1.82) is 0 Å². The number of hydrogen-bond donors (Lipinski definition) is 0. The third kappa shape index (κ3) is 3.13. The van der Waals surface area contributed by atoms with Crippen molar-refractivity contribution in [2.75, 3.05) is 6.54 Å². The molecule has 1 aromatic heterocycles. The van der Waals surface area contributed by atoms with Gasteiger partial charge in [-0.3, -0.25) is 19.5 Å². The summed E-state index contributed by atoms with van der Waals surface area (Å²) in [7, 11) is 0. The molecule has 0 aromatic carbocycles. The maximum absolute atomic E-state index is 11.9. The molecule has 0 aliphatic carbocycles. The second kappa shape index (κ2) is 5.91. The van der Waals surface area contributed by atoms with Gasteiger partial charge in [-0.2, -0.15) is 0 Å². The van der Waals surface area contributed by atoms with Gasteiger partial charge in [0.2, 0.25) is 0 Å². The van der Waals surface area contributed by atoms with Gasteiger partial charge in [-0.25, -0.2) is 0 Å². The lowest BCUT2D eigenvalue weighted by atomic mass is 10.2. The highest BCUT2D eigenvalue weighted by molar-refractivity contribution is 6.06. The molecule has 2 heterocycles. The van der Waals surface area contributed by atoms with Gasteiger partial charge in [0, 0.05) is 25.0 Å². The van der Waals surface area contributed by atoms with Gasteiger partial charge in [0.1, 0.15) is 0 Å². The van der Waals surface area contributed by atoms with Gasteiger partial charge in [-0.05, 0) is 42.7 Å². The molecule has 0 radical (unpaired) electrons. The third-order valence-corrected chi connectivity index (χ3v) is 2.67.